The molecule has 0 aliphatic carbocycles. The first-order valence-corrected chi connectivity index (χ1v) is 9.69. The van der Waals surface area contributed by atoms with Crippen LogP contribution < -0.4 is 4.90 Å². The first-order chi connectivity index (χ1) is 13.6. The largest absolute Gasteiger partial charge is 0.313 e. The molecule has 0 atom stereocenters. The van der Waals surface area contributed by atoms with Crippen LogP contribution in [0.2, 0.25) is 0 Å². The van der Waals surface area contributed by atoms with E-state index in [-0.39, 0.29) is 5.91 Å². The van der Waals surface area contributed by atoms with Crippen LogP contribution in [0.25, 0.3) is 16.6 Å². The van der Waals surface area contributed by atoms with Gasteiger partial charge in [0.25, 0.3) is 0 Å². The van der Waals surface area contributed by atoms with Gasteiger partial charge in [0.2, 0.25) is 5.91 Å². The highest BCUT2D eigenvalue weighted by atomic mass is 16.2. The van der Waals surface area contributed by atoms with Crippen LogP contribution in [0.15, 0.2) is 54.6 Å². The van der Waals surface area contributed by atoms with Gasteiger partial charge in [0.05, 0.1) is 5.52 Å². The van der Waals surface area contributed by atoms with Gasteiger partial charge in [-0.15, -0.1) is 0 Å². The second-order valence-electron chi connectivity index (χ2n) is 6.99. The van der Waals surface area contributed by atoms with Gasteiger partial charge in [-0.1, -0.05) is 30.3 Å². The molecule has 0 N–H and O–H groups in total. The van der Waals surface area contributed by atoms with Gasteiger partial charge in [0.15, 0.2) is 5.65 Å². The van der Waals surface area contributed by atoms with Crippen molar-refractivity contribution < 1.29 is 4.79 Å². The van der Waals surface area contributed by atoms with Crippen LogP contribution in [-0.4, -0.2) is 27.0 Å². The monoisotopic (exact) mass is 372 g/mol. The van der Waals surface area contributed by atoms with Gasteiger partial charge in [-0.2, -0.15) is 5.10 Å². The van der Waals surface area contributed by atoms with Crippen molar-refractivity contribution in [3.8, 4) is 0 Å². The number of rotatable bonds is 5. The number of fused-ring (bicyclic) bond motifs is 3. The second kappa shape index (κ2) is 7.43. The van der Waals surface area contributed by atoms with E-state index in [1.54, 1.807) is 0 Å². The van der Waals surface area contributed by atoms with Gasteiger partial charge in [0, 0.05) is 35.4 Å². The minimum absolute atomic E-state index is 0.123. The molecule has 4 rings (SSSR count). The Labute approximate surface area is 164 Å². The molecule has 0 fully saturated rings. The van der Waals surface area contributed by atoms with Crippen LogP contribution in [0.1, 0.15) is 30.3 Å². The van der Waals surface area contributed by atoms with Gasteiger partial charge in [-0.3, -0.25) is 4.79 Å². The molecule has 2 aromatic carbocycles. The van der Waals surface area contributed by atoms with Crippen molar-refractivity contribution in [2.24, 2.45) is 0 Å². The standard InChI is InChI=1S/C23H24N4O/c1-4-26(18-10-6-5-7-11-18)22(28)15-14-19-16(2)24-23-20-12-8-9-13-21(20)25-27(23)17(19)3/h5-13H,4,14-15H2,1-3H3. The molecule has 0 saturated heterocycles. The fraction of sp³-hybridized carbons (Fsp3) is 0.261. The number of aryl methyl sites for hydroxylation is 2. The number of amides is 1. The molecule has 0 saturated carbocycles. The lowest BCUT2D eigenvalue weighted by molar-refractivity contribution is -0.118. The number of anilines is 1. The first kappa shape index (κ1) is 18.2. The summed E-state index contributed by atoms with van der Waals surface area (Å²) in [5.41, 5.74) is 5.86. The Hall–Kier alpha value is -3.21. The van der Waals surface area contributed by atoms with Crippen molar-refractivity contribution in [3.63, 3.8) is 0 Å². The lowest BCUT2D eigenvalue weighted by atomic mass is 10.1. The molecule has 2 heterocycles. The fourth-order valence-electron chi connectivity index (χ4n) is 3.82. The molecule has 0 unspecified atom stereocenters. The van der Waals surface area contributed by atoms with Gasteiger partial charge in [-0.05, 0) is 57.0 Å². The van der Waals surface area contributed by atoms with Crippen molar-refractivity contribution in [3.05, 3.63) is 71.5 Å². The van der Waals surface area contributed by atoms with E-state index in [2.05, 4.69) is 6.92 Å². The Balaban J connectivity index is 1.63. The maximum absolute atomic E-state index is 12.9. The minimum Gasteiger partial charge on any atom is -0.313 e. The number of carbonyl (C=O) groups excluding carboxylic acids is 1. The van der Waals surface area contributed by atoms with Crippen molar-refractivity contribution >= 4 is 28.1 Å². The molecule has 28 heavy (non-hydrogen) atoms. The summed E-state index contributed by atoms with van der Waals surface area (Å²) >= 11 is 0. The molecule has 0 aliphatic heterocycles. The van der Waals surface area contributed by atoms with Crippen LogP contribution in [-0.2, 0) is 11.2 Å². The minimum atomic E-state index is 0.123. The van der Waals surface area contributed by atoms with E-state index >= 15 is 0 Å². The Kier molecular flexibility index (Phi) is 4.82. The van der Waals surface area contributed by atoms with Crippen molar-refractivity contribution in [1.82, 2.24) is 14.6 Å². The maximum Gasteiger partial charge on any atom is 0.227 e. The van der Waals surface area contributed by atoms with Gasteiger partial charge in [0.1, 0.15) is 0 Å². The van der Waals surface area contributed by atoms with Crippen molar-refractivity contribution in [2.45, 2.75) is 33.6 Å². The van der Waals surface area contributed by atoms with E-state index in [1.165, 1.54) is 0 Å². The molecule has 0 bridgehead atoms. The summed E-state index contributed by atoms with van der Waals surface area (Å²) in [6, 6.07) is 17.9. The maximum atomic E-state index is 12.9. The zero-order valence-electron chi connectivity index (χ0n) is 16.5. The number of aromatic nitrogens is 3. The summed E-state index contributed by atoms with van der Waals surface area (Å²) in [5.74, 6) is 0.123. The fourth-order valence-corrected chi connectivity index (χ4v) is 3.82. The van der Waals surface area contributed by atoms with Gasteiger partial charge >= 0.3 is 0 Å². The molecule has 5 nitrogen and oxygen atoms in total. The Morgan fingerprint density at radius 3 is 2.50 bits per heavy atom. The summed E-state index contributed by atoms with van der Waals surface area (Å²) < 4.78 is 1.91. The number of hydrogen-bond acceptors (Lipinski definition) is 3. The predicted molar refractivity (Wildman–Crippen MR) is 113 cm³/mol. The van der Waals surface area contributed by atoms with E-state index in [4.69, 9.17) is 10.1 Å². The summed E-state index contributed by atoms with van der Waals surface area (Å²) in [4.78, 5) is 19.5. The average Bonchev–Trinajstić information content (AvgIpc) is 3.08. The summed E-state index contributed by atoms with van der Waals surface area (Å²) in [6.07, 6.45) is 1.09. The molecule has 2 aromatic heterocycles. The third-order valence-electron chi connectivity index (χ3n) is 5.29. The number of benzene rings is 2. The summed E-state index contributed by atoms with van der Waals surface area (Å²) in [7, 11) is 0. The van der Waals surface area contributed by atoms with Gasteiger partial charge in [-0.25, -0.2) is 9.50 Å². The molecule has 0 spiro atoms. The average molecular weight is 372 g/mol. The zero-order chi connectivity index (χ0) is 19.7. The smallest absolute Gasteiger partial charge is 0.227 e. The molecule has 0 aliphatic rings. The van der Waals surface area contributed by atoms with E-state index in [9.17, 15) is 4.79 Å². The quantitative estimate of drug-likeness (QED) is 0.519. The molecule has 4 aromatic rings. The lowest BCUT2D eigenvalue weighted by Gasteiger charge is -2.21. The molecule has 0 radical (unpaired) electrons. The van der Waals surface area contributed by atoms with E-state index in [0.717, 1.165) is 39.2 Å². The zero-order valence-corrected chi connectivity index (χ0v) is 16.5. The highest BCUT2D eigenvalue weighted by Gasteiger charge is 2.17. The lowest BCUT2D eigenvalue weighted by Crippen LogP contribution is -2.30. The predicted octanol–water partition coefficient (Wildman–Crippen LogP) is 4.49. The summed E-state index contributed by atoms with van der Waals surface area (Å²) in [5, 5.41) is 5.75. The van der Waals surface area contributed by atoms with E-state index < -0.39 is 0 Å². The highest BCUT2D eigenvalue weighted by molar-refractivity contribution is 5.94. The van der Waals surface area contributed by atoms with Crippen LogP contribution in [0.4, 0.5) is 5.69 Å². The highest BCUT2D eigenvalue weighted by Crippen LogP contribution is 2.23. The van der Waals surface area contributed by atoms with Crippen molar-refractivity contribution in [2.75, 3.05) is 11.4 Å². The van der Waals surface area contributed by atoms with Crippen molar-refractivity contribution in [1.29, 1.82) is 0 Å². The first-order valence-electron chi connectivity index (χ1n) is 9.69. The van der Waals surface area contributed by atoms with Crippen LogP contribution in [0, 0.1) is 13.8 Å². The second-order valence-corrected chi connectivity index (χ2v) is 6.99. The number of hydrogen-bond donors (Lipinski definition) is 0. The third kappa shape index (κ3) is 3.13. The molecule has 5 heteroatoms. The SMILES string of the molecule is CCN(C(=O)CCc1c(C)nc2c3ccccc3nn2c1C)c1ccccc1. The van der Waals surface area contributed by atoms with Gasteiger partial charge < -0.3 is 4.90 Å². The van der Waals surface area contributed by atoms with E-state index in [0.29, 0.717) is 19.4 Å². The molecule has 142 valence electrons. The molecular formula is C23H24N4O. The Morgan fingerprint density at radius 1 is 1.04 bits per heavy atom. The number of para-hydroxylation sites is 1. The van der Waals surface area contributed by atoms with Crippen LogP contribution in [0.3, 0.4) is 0 Å². The Morgan fingerprint density at radius 2 is 1.75 bits per heavy atom. The topological polar surface area (TPSA) is 50.5 Å². The van der Waals surface area contributed by atoms with Crippen LogP contribution in [0.5, 0.6) is 0 Å². The Bertz CT molecular complexity index is 1150. The molecule has 1 amide bonds. The normalized spacial score (nSPS) is 11.2. The molecular weight excluding hydrogens is 348 g/mol. The van der Waals surface area contributed by atoms with Crippen LogP contribution >= 0.6 is 0 Å². The van der Waals surface area contributed by atoms with E-state index in [1.807, 2.05) is 77.9 Å². The number of carbonyl (C=O) groups is 1. The number of nitrogens with zero attached hydrogens (tertiary/aromatic N) is 4. The third-order valence-corrected chi connectivity index (χ3v) is 5.29. The summed E-state index contributed by atoms with van der Waals surface area (Å²) in [6.45, 7) is 6.73.